The topological polar surface area (TPSA) is 20.3 Å². The second-order valence-electron chi connectivity index (χ2n) is 3.19. The van der Waals surface area contributed by atoms with Crippen molar-refractivity contribution in [3.8, 4) is 0 Å². The Morgan fingerprint density at radius 3 is 1.93 bits per heavy atom. The molecule has 0 aromatic rings. The van der Waals surface area contributed by atoms with Crippen LogP contribution in [0.2, 0.25) is 0 Å². The van der Waals surface area contributed by atoms with Gasteiger partial charge in [0.05, 0.1) is 0 Å². The second-order valence-corrected chi connectivity index (χ2v) is 3.19. The predicted octanol–water partition coefficient (Wildman–Crippen LogP) is 2.22. The van der Waals surface area contributed by atoms with Crippen molar-refractivity contribution in [1.29, 1.82) is 0 Å². The normalized spacial score (nSPS) is 12.5. The maximum atomic E-state index is 12.5. The van der Waals surface area contributed by atoms with E-state index in [1.807, 2.05) is 0 Å². The first-order chi connectivity index (χ1) is 6.50. The van der Waals surface area contributed by atoms with E-state index in [-0.39, 0.29) is 11.4 Å². The van der Waals surface area contributed by atoms with Gasteiger partial charge in [0.15, 0.2) is 0 Å². The molecule has 0 aromatic carbocycles. The molecule has 0 saturated carbocycles. The minimum atomic E-state index is -5.87. The molecule has 0 radical (unpaired) electrons. The molecular weight excluding hydrogens is 221 g/mol. The zero-order valence-corrected chi connectivity index (χ0v) is 8.16. The van der Waals surface area contributed by atoms with Gasteiger partial charge in [-0.2, -0.15) is 22.0 Å². The van der Waals surface area contributed by atoms with E-state index < -0.39 is 18.0 Å². The van der Waals surface area contributed by atoms with E-state index in [0.717, 1.165) is 7.05 Å². The summed E-state index contributed by atoms with van der Waals surface area (Å²) in [6, 6.07) is 0. The molecule has 0 fully saturated rings. The summed E-state index contributed by atoms with van der Waals surface area (Å²) in [5.74, 6) is -7.63. The Morgan fingerprint density at radius 2 is 1.67 bits per heavy atom. The number of alkyl halides is 5. The van der Waals surface area contributed by atoms with Crippen molar-refractivity contribution in [2.24, 2.45) is 0 Å². The highest BCUT2D eigenvalue weighted by atomic mass is 19.4. The molecule has 15 heavy (non-hydrogen) atoms. The van der Waals surface area contributed by atoms with Crippen LogP contribution in [0.25, 0.3) is 0 Å². The molecule has 7 heteroatoms. The van der Waals surface area contributed by atoms with Crippen molar-refractivity contribution in [3.05, 3.63) is 12.2 Å². The van der Waals surface area contributed by atoms with Crippen LogP contribution in [0, 0.1) is 0 Å². The van der Waals surface area contributed by atoms with Crippen molar-refractivity contribution >= 4 is 5.91 Å². The third kappa shape index (κ3) is 3.17. The van der Waals surface area contributed by atoms with Gasteiger partial charge in [-0.1, -0.05) is 12.2 Å². The van der Waals surface area contributed by atoms with Gasteiger partial charge in [-0.15, -0.1) is 0 Å². The minimum absolute atomic E-state index is 0.288. The second kappa shape index (κ2) is 4.16. The fourth-order valence-electron chi connectivity index (χ4n) is 0.838. The van der Waals surface area contributed by atoms with E-state index in [0.29, 0.717) is 5.57 Å². The Hall–Kier alpha value is -1.14. The van der Waals surface area contributed by atoms with Gasteiger partial charge in [-0.3, -0.25) is 4.79 Å². The maximum Gasteiger partial charge on any atom is 0.463 e. The van der Waals surface area contributed by atoms with Crippen LogP contribution in [0.1, 0.15) is 6.92 Å². The summed E-state index contributed by atoms with van der Waals surface area (Å²) in [5, 5.41) is 0. The Morgan fingerprint density at radius 1 is 1.27 bits per heavy atom. The third-order valence-electron chi connectivity index (χ3n) is 1.48. The van der Waals surface area contributed by atoms with E-state index >= 15 is 0 Å². The van der Waals surface area contributed by atoms with Crippen molar-refractivity contribution in [1.82, 2.24) is 4.90 Å². The largest absolute Gasteiger partial charge is 0.463 e. The summed E-state index contributed by atoms with van der Waals surface area (Å²) >= 11 is 0. The van der Waals surface area contributed by atoms with Crippen molar-refractivity contribution in [2.45, 2.75) is 19.0 Å². The number of hydrogen-bond donors (Lipinski definition) is 0. The third-order valence-corrected chi connectivity index (χ3v) is 1.48. The average molecular weight is 231 g/mol. The smallest absolute Gasteiger partial charge is 0.336 e. The number of carbonyl (C=O) groups is 1. The highest BCUT2D eigenvalue weighted by Gasteiger charge is 2.64. The lowest BCUT2D eigenvalue weighted by atomic mass is 10.2. The number of rotatable bonds is 3. The zero-order chi connectivity index (χ0) is 12.4. The number of nitrogens with zero attached hydrogens (tertiary/aromatic N) is 1. The van der Waals surface area contributed by atoms with Gasteiger partial charge in [0.1, 0.15) is 0 Å². The summed E-state index contributed by atoms with van der Waals surface area (Å²) in [6.45, 7) is 4.37. The summed E-state index contributed by atoms with van der Waals surface area (Å²) in [6.07, 6.45) is -5.87. The predicted molar refractivity (Wildman–Crippen MR) is 43.5 cm³/mol. The highest BCUT2D eigenvalue weighted by molar-refractivity contribution is 5.84. The van der Waals surface area contributed by atoms with Gasteiger partial charge in [0.25, 0.3) is 0 Å². The first-order valence-corrected chi connectivity index (χ1v) is 3.84. The quantitative estimate of drug-likeness (QED) is 0.538. The van der Waals surface area contributed by atoms with Crippen molar-refractivity contribution in [2.75, 3.05) is 13.6 Å². The number of likely N-dealkylation sites (N-methyl/N-ethyl adjacent to an activating group) is 1. The van der Waals surface area contributed by atoms with Crippen LogP contribution in [-0.4, -0.2) is 36.5 Å². The van der Waals surface area contributed by atoms with Crippen molar-refractivity contribution < 1.29 is 26.7 Å². The molecule has 0 N–H and O–H groups in total. The van der Waals surface area contributed by atoms with Crippen LogP contribution < -0.4 is 0 Å². The maximum absolute atomic E-state index is 12.5. The Bertz CT molecular complexity index is 271. The van der Waals surface area contributed by atoms with Gasteiger partial charge in [-0.25, -0.2) is 0 Å². The number of hydrogen-bond acceptors (Lipinski definition) is 1. The van der Waals surface area contributed by atoms with E-state index in [4.69, 9.17) is 0 Å². The molecular formula is C8H10F5NO. The molecule has 88 valence electrons. The Balaban J connectivity index is 4.78. The molecule has 0 bridgehead atoms. The summed E-state index contributed by atoms with van der Waals surface area (Å²) in [5.41, 5.74) is 0.309. The Labute approximate surface area is 83.4 Å². The molecule has 1 amide bonds. The number of carbonyl (C=O) groups excluding carboxylic acids is 1. The molecule has 0 aliphatic heterocycles. The summed E-state index contributed by atoms with van der Waals surface area (Å²) < 4.78 is 60.2. The van der Waals surface area contributed by atoms with Gasteiger partial charge in [-0.05, 0) is 6.92 Å². The monoisotopic (exact) mass is 231 g/mol. The van der Waals surface area contributed by atoms with Crippen LogP contribution in [0.15, 0.2) is 12.2 Å². The fourth-order valence-corrected chi connectivity index (χ4v) is 0.838. The molecule has 0 saturated heterocycles. The molecule has 2 nitrogen and oxygen atoms in total. The number of halogens is 5. The lowest BCUT2D eigenvalue weighted by Crippen LogP contribution is -2.51. The first-order valence-electron chi connectivity index (χ1n) is 3.84. The van der Waals surface area contributed by atoms with E-state index in [1.54, 1.807) is 0 Å². The standard InChI is InChI=1S/C8H10F5NO/c1-5(2)4-14(3)6(15)7(9,10)8(11,12)13/h1,4H2,2-3H3. The average Bonchev–Trinajstić information content (AvgIpc) is 1.99. The zero-order valence-electron chi connectivity index (χ0n) is 8.16. The summed E-state index contributed by atoms with van der Waals surface area (Å²) in [4.78, 5) is 11.0. The molecule has 0 aliphatic carbocycles. The van der Waals surface area contributed by atoms with E-state index in [1.165, 1.54) is 6.92 Å². The van der Waals surface area contributed by atoms with E-state index in [9.17, 15) is 26.7 Å². The van der Waals surface area contributed by atoms with Crippen LogP contribution in [0.5, 0.6) is 0 Å². The Kier molecular flexibility index (Phi) is 3.84. The molecule has 0 rings (SSSR count). The molecule has 0 spiro atoms. The van der Waals surface area contributed by atoms with Gasteiger partial charge < -0.3 is 4.90 Å². The first kappa shape index (κ1) is 13.9. The van der Waals surface area contributed by atoms with E-state index in [2.05, 4.69) is 6.58 Å². The SMILES string of the molecule is C=C(C)CN(C)C(=O)C(F)(F)C(F)(F)F. The molecule has 0 atom stereocenters. The molecule has 0 aliphatic rings. The molecule has 0 unspecified atom stereocenters. The van der Waals surface area contributed by atoms with Crippen LogP contribution in [0.3, 0.4) is 0 Å². The van der Waals surface area contributed by atoms with Crippen molar-refractivity contribution in [3.63, 3.8) is 0 Å². The molecule has 0 heterocycles. The minimum Gasteiger partial charge on any atom is -0.336 e. The summed E-state index contributed by atoms with van der Waals surface area (Å²) in [7, 11) is 0.858. The highest BCUT2D eigenvalue weighted by Crippen LogP contribution is 2.36. The molecule has 0 aromatic heterocycles. The fraction of sp³-hybridized carbons (Fsp3) is 0.625. The van der Waals surface area contributed by atoms with Gasteiger partial charge >= 0.3 is 18.0 Å². The lowest BCUT2D eigenvalue weighted by Gasteiger charge is -2.24. The van der Waals surface area contributed by atoms with Gasteiger partial charge in [0, 0.05) is 13.6 Å². The number of amides is 1. The lowest BCUT2D eigenvalue weighted by molar-refractivity contribution is -0.273. The van der Waals surface area contributed by atoms with Crippen LogP contribution in [-0.2, 0) is 4.79 Å². The van der Waals surface area contributed by atoms with Crippen LogP contribution >= 0.6 is 0 Å². The van der Waals surface area contributed by atoms with Crippen LogP contribution in [0.4, 0.5) is 22.0 Å². The van der Waals surface area contributed by atoms with Gasteiger partial charge in [0.2, 0.25) is 0 Å².